The van der Waals surface area contributed by atoms with E-state index in [1.165, 1.54) is 6.08 Å². The molecule has 0 aliphatic heterocycles. The molecule has 4 nitrogen and oxygen atoms in total. The number of carbonyl (C=O) groups is 1. The van der Waals surface area contributed by atoms with Gasteiger partial charge in [0.1, 0.15) is 0 Å². The first-order chi connectivity index (χ1) is 11.2. The van der Waals surface area contributed by atoms with Gasteiger partial charge < -0.3 is 5.32 Å². The van der Waals surface area contributed by atoms with Crippen LogP contribution in [0.25, 0.3) is 17.2 Å². The average Bonchev–Trinajstić information content (AvgIpc) is 3.01. The number of nitrogens with zero attached hydrogens (tertiary/aromatic N) is 2. The number of benzene rings is 2. The Kier molecular flexibility index (Phi) is 4.34. The van der Waals surface area contributed by atoms with Gasteiger partial charge in [0.2, 0.25) is 5.91 Å². The standard InChI is InChI=1S/C19H17N3O/c1-22-14-16(13-20-22)17-9-5-6-10-18(17)21-19(23)12-11-15-7-3-2-4-8-15/h2-14H,1H3,(H,21,23). The molecule has 3 aromatic rings. The molecule has 0 radical (unpaired) electrons. The number of hydrogen-bond donors (Lipinski definition) is 1. The fraction of sp³-hybridized carbons (Fsp3) is 0.0526. The predicted octanol–water partition coefficient (Wildman–Crippen LogP) is 3.74. The number of aryl methyl sites for hydroxylation is 1. The Bertz CT molecular complexity index is 835. The summed E-state index contributed by atoms with van der Waals surface area (Å²) in [6, 6.07) is 17.4. The van der Waals surface area contributed by atoms with E-state index in [-0.39, 0.29) is 5.91 Å². The number of aromatic nitrogens is 2. The van der Waals surface area contributed by atoms with Crippen molar-refractivity contribution in [1.29, 1.82) is 0 Å². The first-order valence-corrected chi connectivity index (χ1v) is 7.34. The van der Waals surface area contributed by atoms with Gasteiger partial charge in [0.05, 0.1) is 6.20 Å². The first kappa shape index (κ1) is 14.8. The highest BCUT2D eigenvalue weighted by Crippen LogP contribution is 2.27. The Hall–Kier alpha value is -3.14. The summed E-state index contributed by atoms with van der Waals surface area (Å²) in [5.74, 6) is -0.162. The van der Waals surface area contributed by atoms with Gasteiger partial charge in [-0.15, -0.1) is 0 Å². The average molecular weight is 303 g/mol. The number of nitrogens with one attached hydrogen (secondary N) is 1. The van der Waals surface area contributed by atoms with E-state index in [0.717, 1.165) is 22.4 Å². The van der Waals surface area contributed by atoms with Gasteiger partial charge in [0.25, 0.3) is 0 Å². The molecule has 0 saturated heterocycles. The van der Waals surface area contributed by atoms with Crippen LogP contribution in [0.3, 0.4) is 0 Å². The number of rotatable bonds is 4. The summed E-state index contributed by atoms with van der Waals surface area (Å²) in [6.07, 6.45) is 7.03. The van der Waals surface area contributed by atoms with Crippen molar-refractivity contribution < 1.29 is 4.79 Å². The quantitative estimate of drug-likeness (QED) is 0.746. The molecule has 4 heteroatoms. The van der Waals surface area contributed by atoms with Crippen molar-refractivity contribution in [3.63, 3.8) is 0 Å². The molecule has 0 bridgehead atoms. The summed E-state index contributed by atoms with van der Waals surface area (Å²) in [5, 5.41) is 7.10. The highest BCUT2D eigenvalue weighted by atomic mass is 16.1. The topological polar surface area (TPSA) is 46.9 Å². The summed E-state index contributed by atoms with van der Waals surface area (Å²) < 4.78 is 1.74. The zero-order valence-corrected chi connectivity index (χ0v) is 12.8. The zero-order valence-electron chi connectivity index (χ0n) is 12.8. The van der Waals surface area contributed by atoms with Crippen LogP contribution in [-0.4, -0.2) is 15.7 Å². The van der Waals surface area contributed by atoms with Crippen molar-refractivity contribution in [2.24, 2.45) is 7.05 Å². The molecule has 0 spiro atoms. The Labute approximate surface area is 135 Å². The van der Waals surface area contributed by atoms with E-state index in [0.29, 0.717) is 0 Å². The molecule has 0 fully saturated rings. The zero-order chi connectivity index (χ0) is 16.1. The lowest BCUT2D eigenvalue weighted by Crippen LogP contribution is -2.08. The fourth-order valence-electron chi connectivity index (χ4n) is 2.31. The molecular weight excluding hydrogens is 286 g/mol. The molecule has 23 heavy (non-hydrogen) atoms. The van der Waals surface area contributed by atoms with Crippen LogP contribution in [0.1, 0.15) is 5.56 Å². The lowest BCUT2D eigenvalue weighted by Gasteiger charge is -2.08. The van der Waals surface area contributed by atoms with Crippen molar-refractivity contribution in [1.82, 2.24) is 9.78 Å². The molecule has 2 aromatic carbocycles. The molecule has 1 amide bonds. The van der Waals surface area contributed by atoms with Crippen LogP contribution in [0.15, 0.2) is 73.1 Å². The van der Waals surface area contributed by atoms with Crippen molar-refractivity contribution in [2.75, 3.05) is 5.32 Å². The molecule has 1 aromatic heterocycles. The smallest absolute Gasteiger partial charge is 0.248 e. The maximum Gasteiger partial charge on any atom is 0.248 e. The number of hydrogen-bond acceptors (Lipinski definition) is 2. The Balaban J connectivity index is 1.78. The van der Waals surface area contributed by atoms with E-state index in [1.807, 2.05) is 67.8 Å². The normalized spacial score (nSPS) is 10.8. The summed E-state index contributed by atoms with van der Waals surface area (Å²) in [5.41, 5.74) is 3.67. The van der Waals surface area contributed by atoms with Gasteiger partial charge in [-0.25, -0.2) is 0 Å². The van der Waals surface area contributed by atoms with E-state index in [4.69, 9.17) is 0 Å². The molecule has 1 N–H and O–H groups in total. The van der Waals surface area contributed by atoms with E-state index in [2.05, 4.69) is 10.4 Å². The van der Waals surface area contributed by atoms with Gasteiger partial charge in [0.15, 0.2) is 0 Å². The van der Waals surface area contributed by atoms with E-state index >= 15 is 0 Å². The Morgan fingerprint density at radius 1 is 1.09 bits per heavy atom. The first-order valence-electron chi connectivity index (χ1n) is 7.34. The molecular formula is C19H17N3O. The van der Waals surface area contributed by atoms with Crippen LogP contribution in [0, 0.1) is 0 Å². The second kappa shape index (κ2) is 6.75. The minimum absolute atomic E-state index is 0.162. The van der Waals surface area contributed by atoms with E-state index in [1.54, 1.807) is 17.0 Å². The molecule has 0 saturated carbocycles. The van der Waals surface area contributed by atoms with Crippen molar-refractivity contribution in [3.8, 4) is 11.1 Å². The molecule has 3 rings (SSSR count). The number of amides is 1. The summed E-state index contributed by atoms with van der Waals surface area (Å²) in [4.78, 5) is 12.2. The minimum atomic E-state index is -0.162. The van der Waals surface area contributed by atoms with E-state index < -0.39 is 0 Å². The monoisotopic (exact) mass is 303 g/mol. The van der Waals surface area contributed by atoms with Crippen LogP contribution < -0.4 is 5.32 Å². The fourth-order valence-corrected chi connectivity index (χ4v) is 2.31. The second-order valence-electron chi connectivity index (χ2n) is 5.18. The van der Waals surface area contributed by atoms with Crippen molar-refractivity contribution in [2.45, 2.75) is 0 Å². The summed E-state index contributed by atoms with van der Waals surface area (Å²) in [6.45, 7) is 0. The minimum Gasteiger partial charge on any atom is -0.322 e. The molecule has 1 heterocycles. The van der Waals surface area contributed by atoms with Crippen LogP contribution in [0.2, 0.25) is 0 Å². The second-order valence-corrected chi connectivity index (χ2v) is 5.18. The van der Waals surface area contributed by atoms with Crippen molar-refractivity contribution >= 4 is 17.7 Å². The highest BCUT2D eigenvalue weighted by Gasteiger charge is 2.08. The molecule has 0 aliphatic carbocycles. The van der Waals surface area contributed by atoms with Gasteiger partial charge in [-0.05, 0) is 17.7 Å². The van der Waals surface area contributed by atoms with Gasteiger partial charge in [-0.1, -0.05) is 48.5 Å². The lowest BCUT2D eigenvalue weighted by atomic mass is 10.1. The van der Waals surface area contributed by atoms with Gasteiger partial charge in [-0.2, -0.15) is 5.10 Å². The Morgan fingerprint density at radius 3 is 2.57 bits per heavy atom. The number of carbonyl (C=O) groups excluding carboxylic acids is 1. The van der Waals surface area contributed by atoms with E-state index in [9.17, 15) is 4.79 Å². The van der Waals surface area contributed by atoms with Crippen LogP contribution >= 0.6 is 0 Å². The molecule has 0 aliphatic rings. The van der Waals surface area contributed by atoms with Gasteiger partial charge in [-0.3, -0.25) is 9.48 Å². The highest BCUT2D eigenvalue weighted by molar-refractivity contribution is 6.04. The number of para-hydroxylation sites is 1. The van der Waals surface area contributed by atoms with Crippen LogP contribution in [0.5, 0.6) is 0 Å². The third kappa shape index (κ3) is 3.74. The SMILES string of the molecule is Cn1cc(-c2ccccc2NC(=O)C=Cc2ccccc2)cn1. The van der Waals surface area contributed by atoms with Crippen molar-refractivity contribution in [3.05, 3.63) is 78.6 Å². The van der Waals surface area contributed by atoms with Gasteiger partial charge >= 0.3 is 0 Å². The number of anilines is 1. The molecule has 0 atom stereocenters. The maximum absolute atomic E-state index is 12.2. The van der Waals surface area contributed by atoms with Gasteiger partial charge in [0, 0.05) is 36.1 Å². The molecule has 114 valence electrons. The summed E-state index contributed by atoms with van der Waals surface area (Å²) >= 11 is 0. The van der Waals surface area contributed by atoms with Crippen LogP contribution in [0.4, 0.5) is 5.69 Å². The van der Waals surface area contributed by atoms with Crippen LogP contribution in [-0.2, 0) is 11.8 Å². The molecule has 0 unspecified atom stereocenters. The third-order valence-corrected chi connectivity index (χ3v) is 3.43. The maximum atomic E-state index is 12.2. The Morgan fingerprint density at radius 2 is 1.83 bits per heavy atom. The largest absolute Gasteiger partial charge is 0.322 e. The third-order valence-electron chi connectivity index (χ3n) is 3.43. The summed E-state index contributed by atoms with van der Waals surface area (Å²) in [7, 11) is 1.87. The lowest BCUT2D eigenvalue weighted by molar-refractivity contribution is -0.111. The predicted molar refractivity (Wildman–Crippen MR) is 92.7 cm³/mol.